The van der Waals surface area contributed by atoms with Crippen molar-refractivity contribution in [1.82, 2.24) is 14.4 Å². The number of amides is 2. The molecule has 1 fully saturated rings. The summed E-state index contributed by atoms with van der Waals surface area (Å²) in [6.45, 7) is 5.77. The number of nitrogens with one attached hydrogen (secondary N) is 1. The molecule has 3 aromatic carbocycles. The molecule has 2 amide bonds. The van der Waals surface area contributed by atoms with Crippen molar-refractivity contribution in [2.24, 2.45) is 7.05 Å². The summed E-state index contributed by atoms with van der Waals surface area (Å²) in [7, 11) is 1.80. The van der Waals surface area contributed by atoms with Crippen molar-refractivity contribution < 1.29 is 18.7 Å². The van der Waals surface area contributed by atoms with E-state index in [2.05, 4.69) is 22.4 Å². The zero-order valence-corrected chi connectivity index (χ0v) is 25.9. The third-order valence-corrected chi connectivity index (χ3v) is 9.10. The lowest BCUT2D eigenvalue weighted by molar-refractivity contribution is 0.0193. The molecule has 2 aliphatic rings. The SMILES string of the molecule is Cc1c(C(=O)Nc2ccc(C#N)cc2)cc(-c2cc(Cl)c(F)cc2C(=O)N2Cc3ccccc3C[C@H]2CN2CCOCC2)n1C. The van der Waals surface area contributed by atoms with Crippen LogP contribution in [0, 0.1) is 24.1 Å². The lowest BCUT2D eigenvalue weighted by atomic mass is 9.92. The van der Waals surface area contributed by atoms with Crippen molar-refractivity contribution in [1.29, 1.82) is 5.26 Å². The average Bonchev–Trinajstić information content (AvgIpc) is 3.35. The lowest BCUT2D eigenvalue weighted by Crippen LogP contribution is -2.52. The Hall–Kier alpha value is -4.49. The molecule has 0 unspecified atom stereocenters. The second-order valence-electron chi connectivity index (χ2n) is 11.5. The van der Waals surface area contributed by atoms with Gasteiger partial charge in [0, 0.05) is 61.9 Å². The number of carbonyl (C=O) groups is 2. The molecule has 3 heterocycles. The molecule has 2 aliphatic heterocycles. The maximum absolute atomic E-state index is 15.1. The van der Waals surface area contributed by atoms with Gasteiger partial charge in [0.05, 0.1) is 41.0 Å². The van der Waals surface area contributed by atoms with E-state index in [9.17, 15) is 9.59 Å². The third-order valence-electron chi connectivity index (χ3n) is 8.81. The van der Waals surface area contributed by atoms with E-state index in [-0.39, 0.29) is 28.4 Å². The molecule has 0 spiro atoms. The second kappa shape index (κ2) is 12.9. The van der Waals surface area contributed by atoms with Crippen molar-refractivity contribution in [3.05, 3.63) is 111 Å². The first kappa shape index (κ1) is 30.5. The van der Waals surface area contributed by atoms with Crippen LogP contribution in [0.4, 0.5) is 10.1 Å². The number of nitrogens with zero attached hydrogens (tertiary/aromatic N) is 4. The Bertz CT molecular complexity index is 1810. The minimum atomic E-state index is -0.685. The van der Waals surface area contributed by atoms with Crippen LogP contribution in [0.15, 0.2) is 66.7 Å². The van der Waals surface area contributed by atoms with Crippen LogP contribution in [0.3, 0.4) is 0 Å². The normalized spacial score (nSPS) is 16.6. The largest absolute Gasteiger partial charge is 0.379 e. The minimum Gasteiger partial charge on any atom is -0.379 e. The van der Waals surface area contributed by atoms with Crippen molar-refractivity contribution >= 4 is 29.1 Å². The summed E-state index contributed by atoms with van der Waals surface area (Å²) in [5.41, 5.74) is 5.54. The van der Waals surface area contributed by atoms with Crippen LogP contribution in [0.2, 0.25) is 5.02 Å². The maximum Gasteiger partial charge on any atom is 0.257 e. The van der Waals surface area contributed by atoms with Crippen molar-refractivity contribution in [2.75, 3.05) is 38.2 Å². The highest BCUT2D eigenvalue weighted by molar-refractivity contribution is 6.31. The Morgan fingerprint density at radius 3 is 2.47 bits per heavy atom. The number of fused-ring (bicyclic) bond motifs is 1. The van der Waals surface area contributed by atoms with Crippen LogP contribution in [-0.2, 0) is 24.8 Å². The van der Waals surface area contributed by atoms with E-state index in [1.54, 1.807) is 37.4 Å². The molecule has 0 bridgehead atoms. The zero-order chi connectivity index (χ0) is 31.7. The molecule has 0 aliphatic carbocycles. The number of hydrogen-bond acceptors (Lipinski definition) is 5. The summed E-state index contributed by atoms with van der Waals surface area (Å²) in [6, 6.07) is 21.0. The van der Waals surface area contributed by atoms with Gasteiger partial charge in [-0.25, -0.2) is 4.39 Å². The van der Waals surface area contributed by atoms with Gasteiger partial charge in [-0.2, -0.15) is 5.26 Å². The van der Waals surface area contributed by atoms with Gasteiger partial charge >= 0.3 is 0 Å². The van der Waals surface area contributed by atoms with Gasteiger partial charge in [-0.05, 0) is 66.9 Å². The molecule has 0 saturated carbocycles. The predicted molar refractivity (Wildman–Crippen MR) is 171 cm³/mol. The van der Waals surface area contributed by atoms with E-state index in [1.807, 2.05) is 34.6 Å². The second-order valence-corrected chi connectivity index (χ2v) is 11.9. The monoisotopic (exact) mass is 625 g/mol. The van der Waals surface area contributed by atoms with Gasteiger partial charge in [0.1, 0.15) is 5.82 Å². The number of halogens is 2. The molecule has 1 aromatic heterocycles. The van der Waals surface area contributed by atoms with Gasteiger partial charge in [-0.1, -0.05) is 35.9 Å². The molecular weight excluding hydrogens is 593 g/mol. The fourth-order valence-electron chi connectivity index (χ4n) is 6.17. The van der Waals surface area contributed by atoms with Crippen LogP contribution in [-0.4, -0.2) is 65.1 Å². The molecule has 8 nitrogen and oxygen atoms in total. The molecule has 4 aromatic rings. The van der Waals surface area contributed by atoms with Crippen LogP contribution in [0.5, 0.6) is 0 Å². The molecule has 45 heavy (non-hydrogen) atoms. The maximum atomic E-state index is 15.1. The Labute approximate surface area is 266 Å². The summed E-state index contributed by atoms with van der Waals surface area (Å²) < 4.78 is 22.5. The summed E-state index contributed by atoms with van der Waals surface area (Å²) in [5, 5.41) is 11.8. The first-order chi connectivity index (χ1) is 21.7. The van der Waals surface area contributed by atoms with Crippen LogP contribution < -0.4 is 5.32 Å². The average molecular weight is 626 g/mol. The topological polar surface area (TPSA) is 90.6 Å². The molecule has 6 rings (SSSR count). The number of benzene rings is 3. The Morgan fingerprint density at radius 2 is 1.76 bits per heavy atom. The summed E-state index contributed by atoms with van der Waals surface area (Å²) in [4.78, 5) is 32.0. The smallest absolute Gasteiger partial charge is 0.257 e. The molecule has 1 atom stereocenters. The first-order valence-electron chi connectivity index (χ1n) is 14.9. The van der Waals surface area contributed by atoms with Crippen LogP contribution in [0.25, 0.3) is 11.3 Å². The van der Waals surface area contributed by atoms with Crippen molar-refractivity contribution in [3.8, 4) is 17.3 Å². The number of morpholine rings is 1. The molecule has 10 heteroatoms. The summed E-state index contributed by atoms with van der Waals surface area (Å²) in [5.74, 6) is -1.33. The minimum absolute atomic E-state index is 0.113. The van der Waals surface area contributed by atoms with Crippen LogP contribution in [0.1, 0.15) is 43.1 Å². The highest BCUT2D eigenvalue weighted by Crippen LogP contribution is 2.35. The quantitative estimate of drug-likeness (QED) is 0.292. The van der Waals surface area contributed by atoms with E-state index >= 15 is 4.39 Å². The lowest BCUT2D eigenvalue weighted by Gasteiger charge is -2.40. The number of rotatable bonds is 6. The number of carbonyl (C=O) groups excluding carboxylic acids is 2. The highest BCUT2D eigenvalue weighted by atomic mass is 35.5. The van der Waals surface area contributed by atoms with E-state index < -0.39 is 5.82 Å². The van der Waals surface area contributed by atoms with Gasteiger partial charge < -0.3 is 19.5 Å². The van der Waals surface area contributed by atoms with Gasteiger partial charge in [-0.3, -0.25) is 14.5 Å². The van der Waals surface area contributed by atoms with E-state index in [1.165, 1.54) is 17.7 Å². The zero-order valence-electron chi connectivity index (χ0n) is 25.1. The van der Waals surface area contributed by atoms with Crippen molar-refractivity contribution in [3.63, 3.8) is 0 Å². The molecule has 1 saturated heterocycles. The summed E-state index contributed by atoms with van der Waals surface area (Å²) >= 11 is 6.31. The van der Waals surface area contributed by atoms with E-state index in [4.69, 9.17) is 21.6 Å². The van der Waals surface area contributed by atoms with Gasteiger partial charge in [-0.15, -0.1) is 0 Å². The standard InChI is InChI=1S/C35H33ClFN5O3/c1-22-28(34(43)39-26-9-7-23(19-38)8-10-26)18-33(40(22)2)29-16-31(36)32(37)17-30(29)35(44)42-20-25-6-4-3-5-24(25)15-27(42)21-41-11-13-45-14-12-41/h3-10,16-18,27H,11-15,20-21H2,1-2H3,(H,39,43)/t27-/m0/s1. The number of nitriles is 1. The number of anilines is 1. The fraction of sp³-hybridized carbons (Fsp3) is 0.286. The number of aromatic nitrogens is 1. The number of hydrogen-bond donors (Lipinski definition) is 1. The summed E-state index contributed by atoms with van der Waals surface area (Å²) in [6.07, 6.45) is 0.688. The Balaban J connectivity index is 1.36. The highest BCUT2D eigenvalue weighted by Gasteiger charge is 2.34. The van der Waals surface area contributed by atoms with Gasteiger partial charge in [0.25, 0.3) is 11.8 Å². The van der Waals surface area contributed by atoms with Gasteiger partial charge in [0.15, 0.2) is 0 Å². The van der Waals surface area contributed by atoms with Crippen molar-refractivity contribution in [2.45, 2.75) is 25.9 Å². The molecule has 0 radical (unpaired) electrons. The predicted octanol–water partition coefficient (Wildman–Crippen LogP) is 5.82. The van der Waals surface area contributed by atoms with Crippen LogP contribution >= 0.6 is 11.6 Å². The van der Waals surface area contributed by atoms with Gasteiger partial charge in [0.2, 0.25) is 0 Å². The van der Waals surface area contributed by atoms with E-state index in [0.717, 1.165) is 18.7 Å². The number of ether oxygens (including phenoxy) is 1. The van der Waals surface area contributed by atoms with E-state index in [0.29, 0.717) is 66.5 Å². The Kier molecular flexibility index (Phi) is 8.72. The molecular formula is C35H33ClFN5O3. The molecule has 1 N–H and O–H groups in total. The third kappa shape index (κ3) is 6.22. The first-order valence-corrected chi connectivity index (χ1v) is 15.3. The molecule has 230 valence electrons. The Morgan fingerprint density at radius 1 is 1.04 bits per heavy atom. The fourth-order valence-corrected chi connectivity index (χ4v) is 6.34.